The predicted octanol–water partition coefficient (Wildman–Crippen LogP) is -4.84. The van der Waals surface area contributed by atoms with E-state index in [1.54, 1.807) is 24.5 Å². The maximum absolute atomic E-state index is 12.1. The van der Waals surface area contributed by atoms with Gasteiger partial charge in [-0.05, 0) is 0 Å². The molecule has 0 radical (unpaired) electrons. The van der Waals surface area contributed by atoms with Crippen LogP contribution in [-0.2, 0) is 23.9 Å². The summed E-state index contributed by atoms with van der Waals surface area (Å²) in [5.74, 6) is -4.37. The maximum atomic E-state index is 12.1. The number of hydrogen-bond acceptors (Lipinski definition) is 17. The zero-order chi connectivity index (χ0) is 45.3. The van der Waals surface area contributed by atoms with Gasteiger partial charge < -0.3 is 60.5 Å². The third kappa shape index (κ3) is 24.3. The highest BCUT2D eigenvalue weighted by atomic mass is 16.5. The van der Waals surface area contributed by atoms with Crippen LogP contribution in [0.25, 0.3) is 0 Å². The molecular formula is C36H67N9O16. The van der Waals surface area contributed by atoms with Gasteiger partial charge in [-0.15, -0.1) is 0 Å². The third-order valence-electron chi connectivity index (χ3n) is 10.3. The zero-order valence-corrected chi connectivity index (χ0v) is 34.9. The van der Waals surface area contributed by atoms with Gasteiger partial charge in [0.1, 0.15) is 0 Å². The van der Waals surface area contributed by atoms with Gasteiger partial charge in [-0.2, -0.15) is 0 Å². The highest BCUT2D eigenvalue weighted by Gasteiger charge is 2.26. The smallest absolute Gasteiger partial charge is 0.407 e. The van der Waals surface area contributed by atoms with Crippen molar-refractivity contribution in [3.63, 3.8) is 0 Å². The molecule has 25 nitrogen and oxygen atoms in total. The topological polar surface area (TPSA) is 323 Å². The maximum Gasteiger partial charge on any atom is 0.407 e. The summed E-state index contributed by atoms with van der Waals surface area (Å²) >= 11 is 0. The Morgan fingerprint density at radius 2 is 0.721 bits per heavy atom. The summed E-state index contributed by atoms with van der Waals surface area (Å²) in [4.78, 5) is 84.5. The van der Waals surface area contributed by atoms with E-state index in [-0.39, 0.29) is 183 Å². The van der Waals surface area contributed by atoms with E-state index in [0.29, 0.717) is 0 Å². The van der Waals surface area contributed by atoms with Crippen molar-refractivity contribution in [2.24, 2.45) is 0 Å². The summed E-state index contributed by atoms with van der Waals surface area (Å²) < 4.78 is 5.47. The predicted molar refractivity (Wildman–Crippen MR) is 215 cm³/mol. The summed E-state index contributed by atoms with van der Waals surface area (Å²) in [6.07, 6.45) is -4.48. The van der Waals surface area contributed by atoms with Crippen LogP contribution in [-0.4, -0.2) is 322 Å². The molecule has 2 atom stereocenters. The number of carbonyl (C=O) groups is 6. The summed E-state index contributed by atoms with van der Waals surface area (Å²) in [6.45, 7) is 1.45. The quantitative estimate of drug-likeness (QED) is 0.0488. The van der Waals surface area contributed by atoms with Gasteiger partial charge >= 0.3 is 36.1 Å². The number of rotatable bonds is 21. The molecule has 0 spiro atoms. The minimum atomic E-state index is -1.21. The van der Waals surface area contributed by atoms with Gasteiger partial charge in [-0.25, -0.2) is 9.59 Å². The number of β-amino-alcohol motifs (C(OH)–C–C–N with tert-alkyl or cyclic N) is 2. The fraction of sp³-hybridized carbons (Fsp3) is 0.833. The molecule has 2 unspecified atom stereocenters. The van der Waals surface area contributed by atoms with Crippen LogP contribution in [0.5, 0.6) is 0 Å². The fourth-order valence-electron chi connectivity index (χ4n) is 7.14. The zero-order valence-electron chi connectivity index (χ0n) is 34.9. The lowest BCUT2D eigenvalue weighted by molar-refractivity contribution is -0.140. The molecule has 0 bridgehead atoms. The molecule has 2 aliphatic heterocycles. The first-order valence-corrected chi connectivity index (χ1v) is 20.4. The molecule has 61 heavy (non-hydrogen) atoms. The summed E-state index contributed by atoms with van der Waals surface area (Å²) in [5, 5.41) is 89.6. The minimum absolute atomic E-state index is 0.00492. The Balaban J connectivity index is 2.22. The SMILES string of the molecule is O=C(O)CN1CCN(CC(=O)O)CCN(C(=O)O)CCN(CC(O)CN(CCOCCO)CC(O)CN2CCN(CC(=O)O)CCN(C(=O)O)CCN(CC(=O)O)CC2)CC1. The molecular weight excluding hydrogens is 814 g/mol. The highest BCUT2D eigenvalue weighted by Crippen LogP contribution is 2.07. The number of hydrogen-bond donors (Lipinski definition) is 9. The number of aliphatic hydroxyl groups excluding tert-OH is 3. The lowest BCUT2D eigenvalue weighted by Gasteiger charge is -2.35. The van der Waals surface area contributed by atoms with E-state index in [9.17, 15) is 74.7 Å². The van der Waals surface area contributed by atoms with Crippen molar-refractivity contribution >= 4 is 36.1 Å². The molecule has 352 valence electrons. The molecule has 2 aliphatic rings. The largest absolute Gasteiger partial charge is 0.480 e. The standard InChI is InChI=1S/C36H67N9O16/c46-18-20-61-19-17-43(23-29(47)21-37-1-5-40(26-32(51)52)10-15-45(36(59)60)16-11-41(6-2-37)27-33(53)54)24-30(48)22-38-3-4-39(25-31(49)50)7-8-42(28-34(55)56)12-14-44(13-9-38)35(57)58/h29-30,46-48H,1-28H2,(H,49,50)(H,51,52)(H,53,54)(H,55,56)(H,57,58)(H,59,60). The minimum Gasteiger partial charge on any atom is -0.480 e. The Labute approximate surface area is 355 Å². The van der Waals surface area contributed by atoms with Crippen LogP contribution < -0.4 is 0 Å². The molecule has 0 aliphatic carbocycles. The van der Waals surface area contributed by atoms with E-state index in [4.69, 9.17) is 4.74 Å². The van der Waals surface area contributed by atoms with Gasteiger partial charge in [-0.3, -0.25) is 53.5 Å². The Morgan fingerprint density at radius 3 is 1.00 bits per heavy atom. The van der Waals surface area contributed by atoms with Crippen molar-refractivity contribution in [3.8, 4) is 0 Å². The molecule has 2 rings (SSSR count). The number of aliphatic hydroxyl groups is 3. The van der Waals surface area contributed by atoms with Gasteiger partial charge in [-0.1, -0.05) is 0 Å². The van der Waals surface area contributed by atoms with Crippen molar-refractivity contribution in [2.45, 2.75) is 12.2 Å². The van der Waals surface area contributed by atoms with Crippen LogP contribution in [0.4, 0.5) is 9.59 Å². The number of carboxylic acid groups (broad SMARTS) is 6. The van der Waals surface area contributed by atoms with Gasteiger partial charge in [0.25, 0.3) is 0 Å². The number of carboxylic acids is 4. The first-order valence-electron chi connectivity index (χ1n) is 20.4. The van der Waals surface area contributed by atoms with Gasteiger partial charge in [0.05, 0.1) is 58.2 Å². The van der Waals surface area contributed by atoms with E-state index in [1.165, 1.54) is 0 Å². The second-order valence-corrected chi connectivity index (χ2v) is 15.2. The number of aliphatic carboxylic acids is 4. The second kappa shape index (κ2) is 29.3. The van der Waals surface area contributed by atoms with Crippen LogP contribution in [0.3, 0.4) is 0 Å². The lowest BCUT2D eigenvalue weighted by atomic mass is 10.2. The average Bonchev–Trinajstić information content (AvgIpc) is 3.15. The Hall–Kier alpha value is -4.02. The van der Waals surface area contributed by atoms with Crippen LogP contribution >= 0.6 is 0 Å². The van der Waals surface area contributed by atoms with E-state index >= 15 is 0 Å². The lowest BCUT2D eigenvalue weighted by Crippen LogP contribution is -2.51. The summed E-state index contributed by atoms with van der Waals surface area (Å²) in [6, 6.07) is 0. The van der Waals surface area contributed by atoms with Crippen molar-refractivity contribution in [3.05, 3.63) is 0 Å². The molecule has 2 heterocycles. The van der Waals surface area contributed by atoms with Gasteiger partial charge in [0.2, 0.25) is 0 Å². The number of amides is 2. The van der Waals surface area contributed by atoms with Crippen LogP contribution in [0.15, 0.2) is 0 Å². The molecule has 2 amide bonds. The third-order valence-corrected chi connectivity index (χ3v) is 10.3. The molecule has 0 saturated carbocycles. The normalized spacial score (nSPS) is 19.9. The van der Waals surface area contributed by atoms with Gasteiger partial charge in [0.15, 0.2) is 0 Å². The molecule has 2 saturated heterocycles. The van der Waals surface area contributed by atoms with Crippen molar-refractivity contribution in [2.75, 3.05) is 183 Å². The van der Waals surface area contributed by atoms with Gasteiger partial charge in [0, 0.05) is 137 Å². The Bertz CT molecular complexity index is 1320. The van der Waals surface area contributed by atoms with E-state index < -0.39 is 48.3 Å². The van der Waals surface area contributed by atoms with E-state index in [2.05, 4.69) is 0 Å². The van der Waals surface area contributed by atoms with Crippen LogP contribution in [0.1, 0.15) is 0 Å². The monoisotopic (exact) mass is 881 g/mol. The summed E-state index contributed by atoms with van der Waals surface area (Å²) in [7, 11) is 0. The van der Waals surface area contributed by atoms with Crippen molar-refractivity contribution < 1.29 is 79.5 Å². The first kappa shape index (κ1) is 53.1. The molecule has 9 N–H and O–H groups in total. The molecule has 25 heteroatoms. The first-order chi connectivity index (χ1) is 28.9. The van der Waals surface area contributed by atoms with E-state index in [1.807, 2.05) is 9.80 Å². The van der Waals surface area contributed by atoms with Crippen molar-refractivity contribution in [1.82, 2.24) is 44.1 Å². The fourth-order valence-corrected chi connectivity index (χ4v) is 7.14. The van der Waals surface area contributed by atoms with Crippen molar-refractivity contribution in [1.29, 1.82) is 0 Å². The highest BCUT2D eigenvalue weighted by molar-refractivity contribution is 5.70. The van der Waals surface area contributed by atoms with Crippen LogP contribution in [0, 0.1) is 0 Å². The Kier molecular flexibility index (Phi) is 25.5. The molecule has 0 aromatic carbocycles. The number of nitrogens with zero attached hydrogens (tertiary/aromatic N) is 9. The van der Waals surface area contributed by atoms with Crippen LogP contribution in [0.2, 0.25) is 0 Å². The average molecular weight is 882 g/mol. The second-order valence-electron chi connectivity index (χ2n) is 15.2. The summed E-state index contributed by atoms with van der Waals surface area (Å²) in [5.41, 5.74) is 0. The van der Waals surface area contributed by atoms with E-state index in [0.717, 1.165) is 9.80 Å². The molecule has 0 aromatic rings. The molecule has 0 aromatic heterocycles. The Morgan fingerprint density at radius 1 is 0.443 bits per heavy atom. The number of ether oxygens (including phenoxy) is 1. The molecule has 2 fully saturated rings.